The first-order chi connectivity index (χ1) is 7.38. The normalized spacial score (nSPS) is 13.3. The molecule has 1 aromatic carbocycles. The molecule has 0 aliphatic carbocycles. The third-order valence-electron chi connectivity index (χ3n) is 1.54. The van der Waals surface area contributed by atoms with Crippen LogP contribution in [0.5, 0.6) is 11.5 Å². The van der Waals surface area contributed by atoms with Crippen LogP contribution in [-0.2, 0) is 0 Å². The lowest BCUT2D eigenvalue weighted by atomic mass is 10.3. The molecule has 1 N–H and O–H groups in total. The molecule has 0 aliphatic heterocycles. The molecule has 0 spiro atoms. The lowest BCUT2D eigenvalue weighted by molar-refractivity contribution is -0.153. The quantitative estimate of drug-likeness (QED) is 0.815. The highest BCUT2D eigenvalue weighted by molar-refractivity contribution is 5.39. The number of alkyl halides is 3. The molecule has 0 saturated carbocycles. The maximum atomic E-state index is 11.9. The molecule has 0 amide bonds. The Kier molecular flexibility index (Phi) is 4.00. The van der Waals surface area contributed by atoms with Crippen molar-refractivity contribution in [3.8, 4) is 11.5 Å². The minimum atomic E-state index is -4.40. The predicted octanol–water partition coefficient (Wildman–Crippen LogP) is 2.34. The van der Waals surface area contributed by atoms with Crippen LogP contribution in [-0.4, -0.2) is 24.2 Å². The van der Waals surface area contributed by atoms with Gasteiger partial charge in [-0.2, -0.15) is 13.2 Å². The maximum Gasteiger partial charge on any atom is 0.422 e. The summed E-state index contributed by atoms with van der Waals surface area (Å²) in [6.45, 7) is -0.0479. The zero-order chi connectivity index (χ0) is 12.2. The smallest absolute Gasteiger partial charge is 0.422 e. The summed E-state index contributed by atoms with van der Waals surface area (Å²) in [5.41, 5.74) is 0. The molecule has 0 aromatic heterocycles. The fourth-order valence-corrected chi connectivity index (χ4v) is 1.01. The summed E-state index contributed by atoms with van der Waals surface area (Å²) in [6, 6.07) is 5.83. The van der Waals surface area contributed by atoms with Crippen LogP contribution in [0.2, 0.25) is 0 Å². The summed E-state index contributed by atoms with van der Waals surface area (Å²) in [7, 11) is 0. The van der Waals surface area contributed by atoms with E-state index in [1.165, 1.54) is 25.1 Å². The summed E-state index contributed by atoms with van der Waals surface area (Å²) >= 11 is 0. The Hall–Kier alpha value is -1.43. The lowest BCUT2D eigenvalue weighted by Gasteiger charge is -2.14. The Bertz CT molecular complexity index is 336. The largest absolute Gasteiger partial charge is 0.480 e. The summed E-state index contributed by atoms with van der Waals surface area (Å²) in [6.07, 6.45) is -5.52. The number of hydrogen-bond donors (Lipinski definition) is 1. The zero-order valence-corrected chi connectivity index (χ0v) is 8.49. The zero-order valence-electron chi connectivity index (χ0n) is 8.49. The molecule has 0 saturated heterocycles. The molecular weight excluding hydrogens is 225 g/mol. The fourth-order valence-electron chi connectivity index (χ4n) is 1.01. The van der Waals surface area contributed by atoms with E-state index in [-0.39, 0.29) is 11.5 Å². The Morgan fingerprint density at radius 3 is 2.31 bits per heavy atom. The van der Waals surface area contributed by atoms with Gasteiger partial charge < -0.3 is 14.6 Å². The van der Waals surface area contributed by atoms with Gasteiger partial charge in [-0.3, -0.25) is 0 Å². The summed E-state index contributed by atoms with van der Waals surface area (Å²) < 4.78 is 45.2. The first-order valence-corrected chi connectivity index (χ1v) is 4.52. The first-order valence-electron chi connectivity index (χ1n) is 4.52. The van der Waals surface area contributed by atoms with Crippen LogP contribution >= 0.6 is 0 Å². The topological polar surface area (TPSA) is 38.7 Å². The number of halogens is 3. The molecular formula is C10H11F3O3. The van der Waals surface area contributed by atoms with Gasteiger partial charge in [0.25, 0.3) is 0 Å². The second-order valence-electron chi connectivity index (χ2n) is 3.07. The van der Waals surface area contributed by atoms with E-state index in [9.17, 15) is 13.2 Å². The standard InChI is InChI=1S/C10H11F3O3/c1-7(14)16-9-5-3-2-4-8(9)15-6-10(11,12)13/h2-5,7,14H,6H2,1H3. The van der Waals surface area contributed by atoms with Crippen molar-refractivity contribution in [2.75, 3.05) is 6.61 Å². The van der Waals surface area contributed by atoms with Gasteiger partial charge in [0.05, 0.1) is 0 Å². The van der Waals surface area contributed by atoms with Crippen molar-refractivity contribution in [2.24, 2.45) is 0 Å². The third-order valence-corrected chi connectivity index (χ3v) is 1.54. The van der Waals surface area contributed by atoms with Crippen molar-refractivity contribution in [2.45, 2.75) is 19.4 Å². The van der Waals surface area contributed by atoms with Gasteiger partial charge in [0.2, 0.25) is 0 Å². The van der Waals surface area contributed by atoms with Crippen molar-refractivity contribution in [3.05, 3.63) is 24.3 Å². The highest BCUT2D eigenvalue weighted by Gasteiger charge is 2.29. The third kappa shape index (κ3) is 4.39. The summed E-state index contributed by atoms with van der Waals surface area (Å²) in [5, 5.41) is 8.96. The number of para-hydroxylation sites is 2. The molecule has 0 heterocycles. The summed E-state index contributed by atoms with van der Waals surface area (Å²) in [5.74, 6) is 0.0162. The fraction of sp³-hybridized carbons (Fsp3) is 0.400. The molecule has 0 bridgehead atoms. The van der Waals surface area contributed by atoms with E-state index in [1.54, 1.807) is 6.07 Å². The maximum absolute atomic E-state index is 11.9. The molecule has 1 unspecified atom stereocenters. The van der Waals surface area contributed by atoms with E-state index >= 15 is 0 Å². The van der Waals surface area contributed by atoms with E-state index in [1.807, 2.05) is 0 Å². The minimum Gasteiger partial charge on any atom is -0.480 e. The lowest BCUT2D eigenvalue weighted by Crippen LogP contribution is -2.20. The molecule has 0 aliphatic rings. The first kappa shape index (κ1) is 12.6. The highest BCUT2D eigenvalue weighted by atomic mass is 19.4. The van der Waals surface area contributed by atoms with Crippen molar-refractivity contribution < 1.29 is 27.8 Å². The van der Waals surface area contributed by atoms with Crippen LogP contribution in [0, 0.1) is 0 Å². The van der Waals surface area contributed by atoms with Crippen molar-refractivity contribution >= 4 is 0 Å². The van der Waals surface area contributed by atoms with Crippen LogP contribution in [0.4, 0.5) is 13.2 Å². The number of benzene rings is 1. The molecule has 3 nitrogen and oxygen atoms in total. The Morgan fingerprint density at radius 1 is 1.25 bits per heavy atom. The average molecular weight is 236 g/mol. The minimum absolute atomic E-state index is 0.0549. The van der Waals surface area contributed by atoms with E-state index in [4.69, 9.17) is 9.84 Å². The Morgan fingerprint density at radius 2 is 1.81 bits per heavy atom. The van der Waals surface area contributed by atoms with Gasteiger partial charge >= 0.3 is 6.18 Å². The number of aliphatic hydroxyl groups is 1. The molecule has 0 radical (unpaired) electrons. The van der Waals surface area contributed by atoms with Crippen LogP contribution in [0.15, 0.2) is 24.3 Å². The molecule has 1 atom stereocenters. The molecule has 1 aromatic rings. The van der Waals surface area contributed by atoms with Gasteiger partial charge in [-0.05, 0) is 19.1 Å². The number of ether oxygens (including phenoxy) is 2. The van der Waals surface area contributed by atoms with E-state index in [0.717, 1.165) is 0 Å². The SMILES string of the molecule is CC(O)Oc1ccccc1OCC(F)(F)F. The predicted molar refractivity (Wildman–Crippen MR) is 50.3 cm³/mol. The Labute approximate surface area is 90.4 Å². The van der Waals surface area contributed by atoms with Crippen molar-refractivity contribution in [1.82, 2.24) is 0 Å². The highest BCUT2D eigenvalue weighted by Crippen LogP contribution is 2.28. The van der Waals surface area contributed by atoms with E-state index in [2.05, 4.69) is 4.74 Å². The van der Waals surface area contributed by atoms with Crippen molar-refractivity contribution in [1.29, 1.82) is 0 Å². The second kappa shape index (κ2) is 5.07. The van der Waals surface area contributed by atoms with Crippen LogP contribution in [0.1, 0.15) is 6.92 Å². The van der Waals surface area contributed by atoms with Crippen LogP contribution in [0.3, 0.4) is 0 Å². The monoisotopic (exact) mass is 236 g/mol. The average Bonchev–Trinajstić information content (AvgIpc) is 2.14. The summed E-state index contributed by atoms with van der Waals surface area (Å²) in [4.78, 5) is 0. The number of aliphatic hydroxyl groups excluding tert-OH is 1. The van der Waals surface area contributed by atoms with Gasteiger partial charge in [0.1, 0.15) is 0 Å². The van der Waals surface area contributed by atoms with Crippen LogP contribution in [0.25, 0.3) is 0 Å². The van der Waals surface area contributed by atoms with E-state index in [0.29, 0.717) is 0 Å². The van der Waals surface area contributed by atoms with E-state index < -0.39 is 19.1 Å². The molecule has 90 valence electrons. The van der Waals surface area contributed by atoms with Crippen LogP contribution < -0.4 is 9.47 Å². The van der Waals surface area contributed by atoms with Gasteiger partial charge in [-0.1, -0.05) is 12.1 Å². The molecule has 1 rings (SSSR count). The second-order valence-corrected chi connectivity index (χ2v) is 3.07. The van der Waals surface area contributed by atoms with Gasteiger partial charge in [-0.15, -0.1) is 0 Å². The molecule has 0 fully saturated rings. The number of rotatable bonds is 4. The Balaban J connectivity index is 2.71. The van der Waals surface area contributed by atoms with Gasteiger partial charge in [-0.25, -0.2) is 0 Å². The van der Waals surface area contributed by atoms with Gasteiger partial charge in [0.15, 0.2) is 24.4 Å². The van der Waals surface area contributed by atoms with Gasteiger partial charge in [0, 0.05) is 0 Å². The van der Waals surface area contributed by atoms with Crippen molar-refractivity contribution in [3.63, 3.8) is 0 Å². The molecule has 6 heteroatoms. The number of hydrogen-bond acceptors (Lipinski definition) is 3. The molecule has 16 heavy (non-hydrogen) atoms.